The van der Waals surface area contributed by atoms with E-state index in [1.807, 2.05) is 13.8 Å². The molecule has 0 saturated heterocycles. The standard InChI is InChI=1S/C8H17NO3/c1-6(2)5-12-8(11)9-7(3)4-10/h6-7,10H,4-5H2,1-3H3,(H,9,11)/t7-/m0/s1. The van der Waals surface area contributed by atoms with Crippen molar-refractivity contribution >= 4 is 6.09 Å². The number of nitrogens with one attached hydrogen (secondary N) is 1. The average molecular weight is 175 g/mol. The van der Waals surface area contributed by atoms with Crippen LogP contribution in [-0.2, 0) is 4.74 Å². The van der Waals surface area contributed by atoms with Crippen molar-refractivity contribution in [2.75, 3.05) is 13.2 Å². The molecule has 0 aliphatic carbocycles. The number of aliphatic hydroxyl groups is 1. The second-order valence-electron chi connectivity index (χ2n) is 3.22. The maximum Gasteiger partial charge on any atom is 0.407 e. The summed E-state index contributed by atoms with van der Waals surface area (Å²) in [6.45, 7) is 5.96. The molecule has 2 N–H and O–H groups in total. The highest BCUT2D eigenvalue weighted by Gasteiger charge is 2.06. The molecule has 4 nitrogen and oxygen atoms in total. The molecule has 0 heterocycles. The number of aliphatic hydroxyl groups excluding tert-OH is 1. The molecule has 0 fully saturated rings. The molecule has 12 heavy (non-hydrogen) atoms. The van der Waals surface area contributed by atoms with Crippen LogP contribution in [0.4, 0.5) is 4.79 Å². The molecule has 0 bridgehead atoms. The number of alkyl carbamates (subject to hydrolysis) is 1. The fraction of sp³-hybridized carbons (Fsp3) is 0.875. The Balaban J connectivity index is 3.46. The van der Waals surface area contributed by atoms with Crippen molar-refractivity contribution in [3.63, 3.8) is 0 Å². The summed E-state index contributed by atoms with van der Waals surface area (Å²) in [6.07, 6.45) is -0.467. The van der Waals surface area contributed by atoms with Gasteiger partial charge in [0.15, 0.2) is 0 Å². The summed E-state index contributed by atoms with van der Waals surface area (Å²) in [5.74, 6) is 0.334. The van der Waals surface area contributed by atoms with E-state index >= 15 is 0 Å². The molecule has 0 aliphatic heterocycles. The molecule has 0 unspecified atom stereocenters. The van der Waals surface area contributed by atoms with Crippen molar-refractivity contribution < 1.29 is 14.6 Å². The second-order valence-corrected chi connectivity index (χ2v) is 3.22. The van der Waals surface area contributed by atoms with Crippen molar-refractivity contribution in [2.24, 2.45) is 5.92 Å². The minimum atomic E-state index is -0.467. The summed E-state index contributed by atoms with van der Waals surface area (Å²) in [5, 5.41) is 11.1. The zero-order valence-corrected chi connectivity index (χ0v) is 7.83. The molecular formula is C8H17NO3. The largest absolute Gasteiger partial charge is 0.449 e. The SMILES string of the molecule is CC(C)COC(=O)N[C@@H](C)CO. The minimum absolute atomic E-state index is 0.0726. The van der Waals surface area contributed by atoms with Crippen LogP contribution in [0.15, 0.2) is 0 Å². The van der Waals surface area contributed by atoms with Crippen LogP contribution in [0.1, 0.15) is 20.8 Å². The van der Waals surface area contributed by atoms with Crippen molar-refractivity contribution in [1.29, 1.82) is 0 Å². The van der Waals surface area contributed by atoms with Gasteiger partial charge >= 0.3 is 6.09 Å². The van der Waals surface area contributed by atoms with Crippen LogP contribution in [0.2, 0.25) is 0 Å². The molecule has 1 amide bonds. The van der Waals surface area contributed by atoms with Gasteiger partial charge < -0.3 is 15.2 Å². The molecule has 0 aliphatic rings. The van der Waals surface area contributed by atoms with Gasteiger partial charge in [-0.25, -0.2) is 4.79 Å². The van der Waals surface area contributed by atoms with Gasteiger partial charge in [0.1, 0.15) is 0 Å². The summed E-state index contributed by atoms with van der Waals surface area (Å²) >= 11 is 0. The van der Waals surface area contributed by atoms with Gasteiger partial charge in [0.05, 0.1) is 19.3 Å². The maximum atomic E-state index is 10.9. The lowest BCUT2D eigenvalue weighted by Gasteiger charge is -2.12. The molecule has 0 rings (SSSR count). The lowest BCUT2D eigenvalue weighted by atomic mass is 10.2. The quantitative estimate of drug-likeness (QED) is 0.662. The van der Waals surface area contributed by atoms with Crippen molar-refractivity contribution in [2.45, 2.75) is 26.8 Å². The predicted molar refractivity (Wildman–Crippen MR) is 45.9 cm³/mol. The number of rotatable bonds is 4. The van der Waals surface area contributed by atoms with Crippen LogP contribution in [-0.4, -0.2) is 30.5 Å². The average Bonchev–Trinajstić information content (AvgIpc) is 2.00. The maximum absolute atomic E-state index is 10.9. The van der Waals surface area contributed by atoms with E-state index in [4.69, 9.17) is 9.84 Å². The lowest BCUT2D eigenvalue weighted by molar-refractivity contribution is 0.125. The van der Waals surface area contributed by atoms with E-state index in [0.717, 1.165) is 0 Å². The summed E-state index contributed by atoms with van der Waals surface area (Å²) in [4.78, 5) is 10.9. The third-order valence-corrected chi connectivity index (χ3v) is 1.19. The van der Waals surface area contributed by atoms with Crippen molar-refractivity contribution in [1.82, 2.24) is 5.32 Å². The Bertz CT molecular complexity index is 136. The van der Waals surface area contributed by atoms with Gasteiger partial charge in [-0.05, 0) is 12.8 Å². The first-order chi connectivity index (χ1) is 5.56. The van der Waals surface area contributed by atoms with E-state index in [1.165, 1.54) is 0 Å². The Kier molecular flexibility index (Phi) is 5.45. The van der Waals surface area contributed by atoms with E-state index in [-0.39, 0.29) is 12.6 Å². The van der Waals surface area contributed by atoms with Gasteiger partial charge in [0.2, 0.25) is 0 Å². The smallest absolute Gasteiger partial charge is 0.407 e. The normalized spacial score (nSPS) is 12.8. The second kappa shape index (κ2) is 5.83. The number of carbonyl (C=O) groups is 1. The van der Waals surface area contributed by atoms with E-state index in [1.54, 1.807) is 6.92 Å². The number of hydrogen-bond donors (Lipinski definition) is 2. The lowest BCUT2D eigenvalue weighted by Crippen LogP contribution is -2.35. The number of ether oxygens (including phenoxy) is 1. The molecule has 0 aromatic rings. The fourth-order valence-electron chi connectivity index (χ4n) is 0.531. The number of amides is 1. The monoisotopic (exact) mass is 175 g/mol. The first-order valence-electron chi connectivity index (χ1n) is 4.10. The molecule has 0 radical (unpaired) electrons. The van der Waals surface area contributed by atoms with Gasteiger partial charge in [-0.2, -0.15) is 0 Å². The molecule has 0 saturated carbocycles. The van der Waals surface area contributed by atoms with Gasteiger partial charge in [-0.3, -0.25) is 0 Å². The van der Waals surface area contributed by atoms with E-state index in [9.17, 15) is 4.79 Å². The van der Waals surface area contributed by atoms with E-state index in [0.29, 0.717) is 12.5 Å². The van der Waals surface area contributed by atoms with Gasteiger partial charge in [0.25, 0.3) is 0 Å². The Hall–Kier alpha value is -0.770. The zero-order valence-electron chi connectivity index (χ0n) is 7.83. The predicted octanol–water partition coefficient (Wildman–Crippen LogP) is 0.749. The summed E-state index contributed by atoms with van der Waals surface area (Å²) in [7, 11) is 0. The van der Waals surface area contributed by atoms with Crippen LogP contribution >= 0.6 is 0 Å². The minimum Gasteiger partial charge on any atom is -0.449 e. The van der Waals surface area contributed by atoms with E-state index < -0.39 is 6.09 Å². The van der Waals surface area contributed by atoms with Gasteiger partial charge in [-0.1, -0.05) is 13.8 Å². The van der Waals surface area contributed by atoms with Gasteiger partial charge in [-0.15, -0.1) is 0 Å². The Morgan fingerprint density at radius 3 is 2.50 bits per heavy atom. The molecule has 0 aromatic heterocycles. The summed E-state index contributed by atoms with van der Waals surface area (Å²) in [5.41, 5.74) is 0. The first-order valence-corrected chi connectivity index (χ1v) is 4.10. The Labute approximate surface area is 72.9 Å². The molecule has 1 atom stereocenters. The highest BCUT2D eigenvalue weighted by atomic mass is 16.5. The molecule has 0 spiro atoms. The molecule has 0 aromatic carbocycles. The number of carbonyl (C=O) groups excluding carboxylic acids is 1. The summed E-state index contributed by atoms with van der Waals surface area (Å²) in [6, 6.07) is -0.246. The Morgan fingerprint density at radius 2 is 2.08 bits per heavy atom. The van der Waals surface area contributed by atoms with Crippen LogP contribution in [0.5, 0.6) is 0 Å². The highest BCUT2D eigenvalue weighted by molar-refractivity contribution is 5.67. The van der Waals surface area contributed by atoms with Gasteiger partial charge in [0, 0.05) is 0 Å². The van der Waals surface area contributed by atoms with E-state index in [2.05, 4.69) is 5.32 Å². The molecule has 4 heteroatoms. The van der Waals surface area contributed by atoms with Crippen molar-refractivity contribution in [3.05, 3.63) is 0 Å². The molecule has 72 valence electrons. The van der Waals surface area contributed by atoms with Crippen LogP contribution in [0.25, 0.3) is 0 Å². The highest BCUT2D eigenvalue weighted by Crippen LogP contribution is 1.92. The first kappa shape index (κ1) is 11.2. The number of hydrogen-bond acceptors (Lipinski definition) is 3. The third-order valence-electron chi connectivity index (χ3n) is 1.19. The Morgan fingerprint density at radius 1 is 1.50 bits per heavy atom. The summed E-state index contributed by atoms with van der Waals surface area (Å²) < 4.78 is 4.81. The van der Waals surface area contributed by atoms with Crippen molar-refractivity contribution in [3.8, 4) is 0 Å². The van der Waals surface area contributed by atoms with Crippen LogP contribution < -0.4 is 5.32 Å². The molecular weight excluding hydrogens is 158 g/mol. The topological polar surface area (TPSA) is 58.6 Å². The van der Waals surface area contributed by atoms with Crippen LogP contribution in [0.3, 0.4) is 0 Å². The third kappa shape index (κ3) is 5.97. The zero-order chi connectivity index (χ0) is 9.56. The fourth-order valence-corrected chi connectivity index (χ4v) is 0.531. The van der Waals surface area contributed by atoms with Crippen LogP contribution in [0, 0.1) is 5.92 Å².